The van der Waals surface area contributed by atoms with Crippen LogP contribution in [0.3, 0.4) is 0 Å². The highest BCUT2D eigenvalue weighted by Crippen LogP contribution is 2.37. The van der Waals surface area contributed by atoms with Gasteiger partial charge in [-0.2, -0.15) is 0 Å². The molecule has 2 amide bonds. The molecule has 2 heterocycles. The molecule has 1 aliphatic heterocycles. The van der Waals surface area contributed by atoms with Gasteiger partial charge in [-0.05, 0) is 36.4 Å². The van der Waals surface area contributed by atoms with Gasteiger partial charge in [0.1, 0.15) is 11.8 Å². The van der Waals surface area contributed by atoms with E-state index in [4.69, 9.17) is 13.9 Å². The Hall–Kier alpha value is -3.55. The predicted molar refractivity (Wildman–Crippen MR) is 105 cm³/mol. The monoisotopic (exact) mass is 398 g/mol. The van der Waals surface area contributed by atoms with E-state index in [1.54, 1.807) is 30.5 Å². The number of likely N-dealkylation sites (tertiary alicyclic amines) is 1. The van der Waals surface area contributed by atoms with E-state index >= 15 is 0 Å². The van der Waals surface area contributed by atoms with Gasteiger partial charge in [0.2, 0.25) is 0 Å². The Morgan fingerprint density at radius 3 is 2.59 bits per heavy atom. The molecule has 0 radical (unpaired) electrons. The lowest BCUT2D eigenvalue weighted by molar-refractivity contribution is 0.0400. The highest BCUT2D eigenvalue weighted by atomic mass is 19.1. The van der Waals surface area contributed by atoms with Crippen molar-refractivity contribution in [1.29, 1.82) is 0 Å². The minimum atomic E-state index is -1.00. The number of methoxy groups -OCH3 is 2. The molecule has 0 unspecified atom stereocenters. The first-order valence-electron chi connectivity index (χ1n) is 8.98. The van der Waals surface area contributed by atoms with Gasteiger partial charge in [0, 0.05) is 16.5 Å². The molecule has 1 saturated heterocycles. The quantitative estimate of drug-likeness (QED) is 0.712. The Kier molecular flexibility index (Phi) is 4.84. The fourth-order valence-electron chi connectivity index (χ4n) is 3.26. The molecule has 150 valence electrons. The lowest BCUT2D eigenvalue weighted by atomic mass is 10.1. The molecule has 29 heavy (non-hydrogen) atoms. The van der Waals surface area contributed by atoms with Crippen LogP contribution in [0.15, 0.2) is 47.1 Å². The molecule has 0 bridgehead atoms. The first-order valence-corrected chi connectivity index (χ1v) is 8.98. The van der Waals surface area contributed by atoms with Gasteiger partial charge in [-0.1, -0.05) is 0 Å². The number of fused-ring (bicyclic) bond motifs is 1. The number of furan rings is 1. The van der Waals surface area contributed by atoms with Gasteiger partial charge in [0.05, 0.1) is 39.3 Å². The summed E-state index contributed by atoms with van der Waals surface area (Å²) in [5, 5.41) is 3.56. The fourth-order valence-corrected chi connectivity index (χ4v) is 3.26. The smallest absolute Gasteiger partial charge is 0.255 e. The summed E-state index contributed by atoms with van der Waals surface area (Å²) in [6.45, 7) is 0.110. The molecule has 1 fully saturated rings. The van der Waals surface area contributed by atoms with Crippen molar-refractivity contribution in [2.45, 2.75) is 6.17 Å². The maximum absolute atomic E-state index is 13.1. The normalized spacial score (nSPS) is 13.8. The fraction of sp³-hybridized carbons (Fsp3) is 0.238. The van der Waals surface area contributed by atoms with Crippen LogP contribution < -0.4 is 14.8 Å². The lowest BCUT2D eigenvalue weighted by Gasteiger charge is -2.34. The second-order valence-corrected chi connectivity index (χ2v) is 6.69. The van der Waals surface area contributed by atoms with Gasteiger partial charge in [-0.25, -0.2) is 4.39 Å². The number of anilines is 1. The number of nitrogens with one attached hydrogen (secondary N) is 1. The maximum Gasteiger partial charge on any atom is 0.255 e. The third-order valence-corrected chi connectivity index (χ3v) is 4.81. The number of amides is 2. The second-order valence-electron chi connectivity index (χ2n) is 6.69. The molecule has 8 heteroatoms. The van der Waals surface area contributed by atoms with Crippen molar-refractivity contribution in [2.24, 2.45) is 0 Å². The molecule has 1 aromatic heterocycles. The summed E-state index contributed by atoms with van der Waals surface area (Å²) in [5.41, 5.74) is 1.65. The summed E-state index contributed by atoms with van der Waals surface area (Å²) in [5.74, 6) is -0.147. The first kappa shape index (κ1) is 18.8. The van der Waals surface area contributed by atoms with Gasteiger partial charge in [0.15, 0.2) is 11.5 Å². The minimum absolute atomic E-state index is 0.0551. The van der Waals surface area contributed by atoms with Crippen molar-refractivity contribution in [3.8, 4) is 11.5 Å². The maximum atomic E-state index is 13.1. The number of alkyl halides is 1. The second kappa shape index (κ2) is 7.46. The van der Waals surface area contributed by atoms with Crippen molar-refractivity contribution in [3.63, 3.8) is 0 Å². The van der Waals surface area contributed by atoms with E-state index in [2.05, 4.69) is 5.32 Å². The minimum Gasteiger partial charge on any atom is -0.493 e. The van der Waals surface area contributed by atoms with Crippen molar-refractivity contribution in [2.75, 3.05) is 32.6 Å². The first-order chi connectivity index (χ1) is 14.0. The number of halogens is 1. The summed E-state index contributed by atoms with van der Waals surface area (Å²) in [6.07, 6.45) is 0.545. The topological polar surface area (TPSA) is 81.0 Å². The SMILES string of the molecule is COc1cc(C(=O)N2CC(F)C2)cc(NC(=O)c2ccc3occc3c2)c1OC. The molecule has 0 spiro atoms. The number of ether oxygens (including phenoxy) is 2. The zero-order chi connectivity index (χ0) is 20.5. The number of carbonyl (C=O) groups excluding carboxylic acids is 2. The average molecular weight is 398 g/mol. The van der Waals surface area contributed by atoms with Crippen LogP contribution >= 0.6 is 0 Å². The highest BCUT2D eigenvalue weighted by Gasteiger charge is 2.32. The van der Waals surface area contributed by atoms with E-state index in [-0.39, 0.29) is 47.7 Å². The van der Waals surface area contributed by atoms with E-state index in [9.17, 15) is 14.0 Å². The van der Waals surface area contributed by atoms with Crippen LogP contribution in [0.2, 0.25) is 0 Å². The highest BCUT2D eigenvalue weighted by molar-refractivity contribution is 6.08. The number of benzene rings is 2. The van der Waals surface area contributed by atoms with Crippen LogP contribution in [-0.2, 0) is 0 Å². The Morgan fingerprint density at radius 2 is 1.90 bits per heavy atom. The Bertz CT molecular complexity index is 1090. The zero-order valence-corrected chi connectivity index (χ0v) is 15.9. The molecule has 7 nitrogen and oxygen atoms in total. The summed E-state index contributed by atoms with van der Waals surface area (Å²) in [6, 6.07) is 9.83. The van der Waals surface area contributed by atoms with Crippen LogP contribution in [0.1, 0.15) is 20.7 Å². The van der Waals surface area contributed by atoms with Gasteiger partial charge < -0.3 is 24.1 Å². The Balaban J connectivity index is 1.66. The number of carbonyl (C=O) groups is 2. The number of nitrogens with zero attached hydrogens (tertiary/aromatic N) is 1. The molecule has 0 aliphatic carbocycles. The Morgan fingerprint density at radius 1 is 1.10 bits per heavy atom. The molecule has 4 rings (SSSR count). The molecular formula is C21H19FN2O5. The largest absolute Gasteiger partial charge is 0.493 e. The van der Waals surface area contributed by atoms with Crippen molar-refractivity contribution >= 4 is 28.5 Å². The molecule has 1 aliphatic rings. The van der Waals surface area contributed by atoms with E-state index in [1.807, 2.05) is 0 Å². The molecular weight excluding hydrogens is 379 g/mol. The van der Waals surface area contributed by atoms with Gasteiger partial charge >= 0.3 is 0 Å². The predicted octanol–water partition coefficient (Wildman–Crippen LogP) is 3.50. The average Bonchev–Trinajstić information content (AvgIpc) is 3.18. The molecule has 0 saturated carbocycles. The number of hydrogen-bond acceptors (Lipinski definition) is 5. The van der Waals surface area contributed by atoms with Crippen molar-refractivity contribution in [3.05, 3.63) is 53.8 Å². The summed E-state index contributed by atoms with van der Waals surface area (Å²) in [4.78, 5) is 26.8. The summed E-state index contributed by atoms with van der Waals surface area (Å²) in [7, 11) is 2.88. The molecule has 1 N–H and O–H groups in total. The zero-order valence-electron chi connectivity index (χ0n) is 15.9. The van der Waals surface area contributed by atoms with Crippen LogP contribution in [0, 0.1) is 0 Å². The standard InChI is InChI=1S/C21H19FN2O5/c1-27-18-9-14(21(26)24-10-15(22)11-24)8-16(19(18)28-2)23-20(25)13-3-4-17-12(7-13)5-6-29-17/h3-9,15H,10-11H2,1-2H3,(H,23,25). The van der Waals surface area contributed by atoms with Crippen molar-refractivity contribution < 1.29 is 27.9 Å². The van der Waals surface area contributed by atoms with Crippen LogP contribution in [-0.4, -0.2) is 50.2 Å². The van der Waals surface area contributed by atoms with Gasteiger partial charge in [0.25, 0.3) is 11.8 Å². The third kappa shape index (κ3) is 3.49. The molecule has 2 aromatic carbocycles. The van der Waals surface area contributed by atoms with Crippen LogP contribution in [0.5, 0.6) is 11.5 Å². The van der Waals surface area contributed by atoms with Crippen LogP contribution in [0.4, 0.5) is 10.1 Å². The van der Waals surface area contributed by atoms with E-state index < -0.39 is 6.17 Å². The van der Waals surface area contributed by atoms with E-state index in [1.165, 1.54) is 31.3 Å². The molecule has 3 aromatic rings. The summed E-state index contributed by atoms with van der Waals surface area (Å²) < 4.78 is 29.1. The van der Waals surface area contributed by atoms with Gasteiger partial charge in [-0.3, -0.25) is 9.59 Å². The molecule has 0 atom stereocenters. The van der Waals surface area contributed by atoms with Gasteiger partial charge in [-0.15, -0.1) is 0 Å². The van der Waals surface area contributed by atoms with Crippen LogP contribution in [0.25, 0.3) is 11.0 Å². The number of hydrogen-bond donors (Lipinski definition) is 1. The Labute approximate surface area is 166 Å². The lowest BCUT2D eigenvalue weighted by Crippen LogP contribution is -2.51. The van der Waals surface area contributed by atoms with E-state index in [0.29, 0.717) is 11.1 Å². The number of rotatable bonds is 5. The van der Waals surface area contributed by atoms with Crippen molar-refractivity contribution in [1.82, 2.24) is 4.90 Å². The van der Waals surface area contributed by atoms with E-state index in [0.717, 1.165) is 5.39 Å². The summed E-state index contributed by atoms with van der Waals surface area (Å²) >= 11 is 0. The third-order valence-electron chi connectivity index (χ3n) is 4.81.